The van der Waals surface area contributed by atoms with Gasteiger partial charge in [-0.25, -0.2) is 4.39 Å². The Morgan fingerprint density at radius 3 is 3.00 bits per heavy atom. The van der Waals surface area contributed by atoms with Crippen molar-refractivity contribution >= 4 is 11.6 Å². The second kappa shape index (κ2) is 5.96. The van der Waals surface area contributed by atoms with Gasteiger partial charge in [-0.1, -0.05) is 6.92 Å². The molecule has 1 aromatic rings. The summed E-state index contributed by atoms with van der Waals surface area (Å²) < 4.78 is 18.7. The lowest BCUT2D eigenvalue weighted by molar-refractivity contribution is -0.385. The average Bonchev–Trinajstić information content (AvgIpc) is 2.46. The lowest BCUT2D eigenvalue weighted by atomic mass is 10.1. The molecule has 6 nitrogen and oxygen atoms in total. The van der Waals surface area contributed by atoms with Gasteiger partial charge in [-0.3, -0.25) is 14.9 Å². The molecular weight excluding hydrogens is 267 g/mol. The van der Waals surface area contributed by atoms with Crippen molar-refractivity contribution in [3.8, 4) is 0 Å². The van der Waals surface area contributed by atoms with Crippen LogP contribution in [0.5, 0.6) is 0 Å². The number of carbonyl (C=O) groups is 1. The molecule has 1 saturated heterocycles. The van der Waals surface area contributed by atoms with Crippen LogP contribution in [0.15, 0.2) is 18.2 Å². The highest BCUT2D eigenvalue weighted by molar-refractivity contribution is 5.98. The molecule has 1 atom stereocenters. The van der Waals surface area contributed by atoms with Crippen molar-refractivity contribution in [1.82, 2.24) is 4.90 Å². The number of hydrogen-bond acceptors (Lipinski definition) is 4. The first-order valence-corrected chi connectivity index (χ1v) is 6.37. The molecule has 20 heavy (non-hydrogen) atoms. The highest BCUT2D eigenvalue weighted by Gasteiger charge is 2.29. The number of carbonyl (C=O) groups excluding carboxylic acids is 1. The summed E-state index contributed by atoms with van der Waals surface area (Å²) in [4.78, 5) is 24.1. The van der Waals surface area contributed by atoms with E-state index < -0.39 is 16.6 Å². The van der Waals surface area contributed by atoms with Crippen molar-refractivity contribution in [2.75, 3.05) is 19.7 Å². The molecule has 0 aromatic heterocycles. The van der Waals surface area contributed by atoms with E-state index in [2.05, 4.69) is 0 Å². The topological polar surface area (TPSA) is 72.7 Å². The molecule has 1 aliphatic rings. The second-order valence-electron chi connectivity index (χ2n) is 4.57. The number of halogens is 1. The minimum Gasteiger partial charge on any atom is -0.375 e. The quantitative estimate of drug-likeness (QED) is 0.627. The Balaban J connectivity index is 2.28. The summed E-state index contributed by atoms with van der Waals surface area (Å²) in [5.74, 6) is -1.20. The summed E-state index contributed by atoms with van der Waals surface area (Å²) in [5.41, 5.74) is -0.595. The largest absolute Gasteiger partial charge is 0.375 e. The zero-order valence-corrected chi connectivity index (χ0v) is 11.0. The number of ether oxygens (including phenoxy) is 1. The summed E-state index contributed by atoms with van der Waals surface area (Å²) in [7, 11) is 0. The van der Waals surface area contributed by atoms with Crippen LogP contribution in [0.1, 0.15) is 23.7 Å². The van der Waals surface area contributed by atoms with Crippen LogP contribution in [0.25, 0.3) is 0 Å². The molecule has 1 heterocycles. The van der Waals surface area contributed by atoms with Gasteiger partial charge in [0, 0.05) is 19.2 Å². The smallest absolute Gasteiger partial charge is 0.282 e. The zero-order valence-electron chi connectivity index (χ0n) is 11.0. The van der Waals surface area contributed by atoms with Crippen molar-refractivity contribution in [3.63, 3.8) is 0 Å². The van der Waals surface area contributed by atoms with Gasteiger partial charge in [0.05, 0.1) is 17.6 Å². The number of hydrogen-bond donors (Lipinski definition) is 0. The van der Waals surface area contributed by atoms with E-state index in [-0.39, 0.29) is 17.4 Å². The maximum Gasteiger partial charge on any atom is 0.282 e. The Hall–Kier alpha value is -2.02. The summed E-state index contributed by atoms with van der Waals surface area (Å²) >= 11 is 0. The predicted molar refractivity (Wildman–Crippen MR) is 69.0 cm³/mol. The van der Waals surface area contributed by atoms with Crippen LogP contribution in [0.2, 0.25) is 0 Å². The Kier molecular flexibility index (Phi) is 4.29. The van der Waals surface area contributed by atoms with Crippen LogP contribution in [0, 0.1) is 15.9 Å². The van der Waals surface area contributed by atoms with E-state index in [1.807, 2.05) is 6.92 Å². The standard InChI is InChI=1S/C13H15FN2O4/c1-2-10-8-15(5-6-20-10)13(17)11-7-9(14)3-4-12(11)16(18)19/h3-4,7,10H,2,5-6,8H2,1H3. The molecule has 2 rings (SSSR count). The van der Waals surface area contributed by atoms with Crippen molar-refractivity contribution in [2.45, 2.75) is 19.4 Å². The van der Waals surface area contributed by atoms with Crippen molar-refractivity contribution in [3.05, 3.63) is 39.7 Å². The highest BCUT2D eigenvalue weighted by Crippen LogP contribution is 2.22. The van der Waals surface area contributed by atoms with Gasteiger partial charge >= 0.3 is 0 Å². The van der Waals surface area contributed by atoms with Gasteiger partial charge in [0.15, 0.2) is 0 Å². The molecule has 1 amide bonds. The van der Waals surface area contributed by atoms with Crippen molar-refractivity contribution in [2.24, 2.45) is 0 Å². The van der Waals surface area contributed by atoms with Gasteiger partial charge in [-0.2, -0.15) is 0 Å². The molecule has 108 valence electrons. The molecule has 1 unspecified atom stereocenters. The maximum atomic E-state index is 13.3. The lowest BCUT2D eigenvalue weighted by Gasteiger charge is -2.32. The Morgan fingerprint density at radius 1 is 1.60 bits per heavy atom. The van der Waals surface area contributed by atoms with E-state index in [0.29, 0.717) is 19.7 Å². The number of benzene rings is 1. The van der Waals surface area contributed by atoms with Crippen LogP contribution in [0.3, 0.4) is 0 Å². The fourth-order valence-electron chi connectivity index (χ4n) is 2.16. The van der Waals surface area contributed by atoms with Gasteiger partial charge < -0.3 is 9.64 Å². The van der Waals surface area contributed by atoms with E-state index in [9.17, 15) is 19.3 Å². The molecule has 0 saturated carbocycles. The summed E-state index contributed by atoms with van der Waals surface area (Å²) in [6.45, 7) is 3.03. The Bertz CT molecular complexity index is 535. The first kappa shape index (κ1) is 14.4. The first-order valence-electron chi connectivity index (χ1n) is 6.37. The van der Waals surface area contributed by atoms with Gasteiger partial charge in [0.2, 0.25) is 0 Å². The van der Waals surface area contributed by atoms with Crippen LogP contribution in [-0.4, -0.2) is 41.5 Å². The van der Waals surface area contributed by atoms with E-state index in [4.69, 9.17) is 4.74 Å². The summed E-state index contributed by atoms with van der Waals surface area (Å²) in [6.07, 6.45) is 0.662. The van der Waals surface area contributed by atoms with Gasteiger partial charge in [0.1, 0.15) is 11.4 Å². The third-order valence-electron chi connectivity index (χ3n) is 3.27. The zero-order chi connectivity index (χ0) is 14.7. The molecule has 0 bridgehead atoms. The number of morpholine rings is 1. The summed E-state index contributed by atoms with van der Waals surface area (Å²) in [6, 6.07) is 2.90. The van der Waals surface area contributed by atoms with Crippen molar-refractivity contribution < 1.29 is 18.8 Å². The highest BCUT2D eigenvalue weighted by atomic mass is 19.1. The van der Waals surface area contributed by atoms with Gasteiger partial charge in [-0.05, 0) is 18.6 Å². The average molecular weight is 282 g/mol. The number of amides is 1. The van der Waals surface area contributed by atoms with E-state index in [0.717, 1.165) is 24.6 Å². The summed E-state index contributed by atoms with van der Waals surface area (Å²) in [5, 5.41) is 10.9. The number of nitrogens with zero attached hydrogens (tertiary/aromatic N) is 2. The first-order chi connectivity index (χ1) is 9.52. The second-order valence-corrected chi connectivity index (χ2v) is 4.57. The minimum absolute atomic E-state index is 0.0830. The monoisotopic (exact) mass is 282 g/mol. The molecule has 0 N–H and O–H groups in total. The molecule has 1 aliphatic heterocycles. The molecule has 0 radical (unpaired) electrons. The molecule has 1 aromatic carbocycles. The van der Waals surface area contributed by atoms with Gasteiger partial charge in [0.25, 0.3) is 11.6 Å². The molecular formula is C13H15FN2O4. The SMILES string of the molecule is CCC1CN(C(=O)c2cc(F)ccc2[N+](=O)[O-])CCO1. The normalized spacial score (nSPS) is 18.9. The maximum absolute atomic E-state index is 13.3. The predicted octanol–water partition coefficient (Wildman–Crippen LogP) is 1.98. The Morgan fingerprint density at radius 2 is 2.35 bits per heavy atom. The van der Waals surface area contributed by atoms with Crippen LogP contribution in [0.4, 0.5) is 10.1 Å². The minimum atomic E-state index is -0.676. The van der Waals surface area contributed by atoms with Crippen molar-refractivity contribution in [1.29, 1.82) is 0 Å². The molecule has 0 aliphatic carbocycles. The number of nitro groups is 1. The third kappa shape index (κ3) is 2.93. The van der Waals surface area contributed by atoms with Crippen LogP contribution < -0.4 is 0 Å². The Labute approximate surface area is 115 Å². The molecule has 7 heteroatoms. The van der Waals surface area contributed by atoms with Crippen LogP contribution >= 0.6 is 0 Å². The van der Waals surface area contributed by atoms with E-state index >= 15 is 0 Å². The fraction of sp³-hybridized carbons (Fsp3) is 0.462. The number of rotatable bonds is 3. The lowest BCUT2D eigenvalue weighted by Crippen LogP contribution is -2.45. The van der Waals surface area contributed by atoms with E-state index in [1.54, 1.807) is 0 Å². The van der Waals surface area contributed by atoms with Gasteiger partial charge in [-0.15, -0.1) is 0 Å². The molecule has 0 spiro atoms. The van der Waals surface area contributed by atoms with Crippen LogP contribution in [-0.2, 0) is 4.74 Å². The third-order valence-corrected chi connectivity index (χ3v) is 3.27. The van der Waals surface area contributed by atoms with E-state index in [1.165, 1.54) is 4.90 Å². The fourth-order valence-corrected chi connectivity index (χ4v) is 2.16. The molecule has 1 fully saturated rings. The number of nitro benzene ring substituents is 1.